The number of thioether (sulfide) groups is 1. The maximum atomic E-state index is 5.17. The Balaban J connectivity index is 1.89. The second-order valence-electron chi connectivity index (χ2n) is 4.16. The SMILES string of the molecule is CC(C)Cc1nc(CSc2ccccn2)no1. The topological polar surface area (TPSA) is 51.8 Å². The maximum absolute atomic E-state index is 5.17. The summed E-state index contributed by atoms with van der Waals surface area (Å²) in [6.45, 7) is 4.26. The molecule has 0 amide bonds. The molecule has 0 aliphatic rings. The van der Waals surface area contributed by atoms with Gasteiger partial charge in [-0.3, -0.25) is 0 Å². The first-order valence-electron chi connectivity index (χ1n) is 5.59. The van der Waals surface area contributed by atoms with Crippen molar-refractivity contribution in [2.45, 2.75) is 31.0 Å². The highest BCUT2D eigenvalue weighted by Crippen LogP contribution is 2.18. The summed E-state index contributed by atoms with van der Waals surface area (Å²) in [5.74, 6) is 2.68. The average Bonchev–Trinajstić information content (AvgIpc) is 2.75. The van der Waals surface area contributed by atoms with Crippen LogP contribution in [0.1, 0.15) is 25.6 Å². The predicted octanol–water partition coefficient (Wildman–Crippen LogP) is 2.96. The zero-order chi connectivity index (χ0) is 12.1. The molecule has 2 aromatic heterocycles. The van der Waals surface area contributed by atoms with Gasteiger partial charge in [0.2, 0.25) is 5.89 Å². The van der Waals surface area contributed by atoms with Gasteiger partial charge in [0, 0.05) is 12.6 Å². The lowest BCUT2D eigenvalue weighted by Crippen LogP contribution is -1.94. The van der Waals surface area contributed by atoms with Crippen molar-refractivity contribution in [2.75, 3.05) is 0 Å². The Morgan fingerprint density at radius 3 is 2.94 bits per heavy atom. The summed E-state index contributed by atoms with van der Waals surface area (Å²) in [5.41, 5.74) is 0. The van der Waals surface area contributed by atoms with E-state index in [2.05, 4.69) is 29.0 Å². The van der Waals surface area contributed by atoms with E-state index in [1.165, 1.54) is 0 Å². The van der Waals surface area contributed by atoms with Gasteiger partial charge in [-0.25, -0.2) is 4.98 Å². The van der Waals surface area contributed by atoms with Crippen LogP contribution < -0.4 is 0 Å². The van der Waals surface area contributed by atoms with E-state index in [4.69, 9.17) is 4.52 Å². The van der Waals surface area contributed by atoms with E-state index in [9.17, 15) is 0 Å². The van der Waals surface area contributed by atoms with Crippen molar-refractivity contribution >= 4 is 11.8 Å². The predicted molar refractivity (Wildman–Crippen MR) is 66.6 cm³/mol. The molecular formula is C12H15N3OS. The third-order valence-corrected chi connectivity index (χ3v) is 3.02. The van der Waals surface area contributed by atoms with Gasteiger partial charge >= 0.3 is 0 Å². The molecule has 90 valence electrons. The van der Waals surface area contributed by atoms with E-state index in [0.717, 1.165) is 23.2 Å². The normalized spacial score (nSPS) is 11.0. The summed E-state index contributed by atoms with van der Waals surface area (Å²) >= 11 is 1.61. The molecule has 0 aliphatic heterocycles. The van der Waals surface area contributed by atoms with Crippen LogP contribution in [0.15, 0.2) is 33.9 Å². The largest absolute Gasteiger partial charge is 0.339 e. The zero-order valence-corrected chi connectivity index (χ0v) is 10.8. The second-order valence-corrected chi connectivity index (χ2v) is 5.15. The van der Waals surface area contributed by atoms with Crippen molar-refractivity contribution in [3.63, 3.8) is 0 Å². The highest BCUT2D eigenvalue weighted by atomic mass is 32.2. The number of hydrogen-bond donors (Lipinski definition) is 0. The Morgan fingerprint density at radius 2 is 2.24 bits per heavy atom. The Labute approximate surface area is 105 Å². The van der Waals surface area contributed by atoms with Crippen LogP contribution in [0.5, 0.6) is 0 Å². The van der Waals surface area contributed by atoms with Crippen LogP contribution in [0.3, 0.4) is 0 Å². The smallest absolute Gasteiger partial charge is 0.226 e. The van der Waals surface area contributed by atoms with Crippen LogP contribution in [-0.2, 0) is 12.2 Å². The number of nitrogens with zero attached hydrogens (tertiary/aromatic N) is 3. The van der Waals surface area contributed by atoms with Crippen LogP contribution in [-0.4, -0.2) is 15.1 Å². The summed E-state index contributed by atoms with van der Waals surface area (Å²) in [6, 6.07) is 5.84. The van der Waals surface area contributed by atoms with Crippen LogP contribution in [0.4, 0.5) is 0 Å². The summed E-state index contributed by atoms with van der Waals surface area (Å²) in [7, 11) is 0. The Bertz CT molecular complexity index is 456. The van der Waals surface area contributed by atoms with E-state index >= 15 is 0 Å². The number of aromatic nitrogens is 3. The lowest BCUT2D eigenvalue weighted by molar-refractivity contribution is 0.360. The molecule has 17 heavy (non-hydrogen) atoms. The van der Waals surface area contributed by atoms with Gasteiger partial charge in [0.25, 0.3) is 0 Å². The van der Waals surface area contributed by atoms with Gasteiger partial charge in [-0.05, 0) is 18.1 Å². The first-order valence-corrected chi connectivity index (χ1v) is 6.58. The van der Waals surface area contributed by atoms with Crippen molar-refractivity contribution in [1.29, 1.82) is 0 Å². The molecule has 0 bridgehead atoms. The molecule has 5 heteroatoms. The van der Waals surface area contributed by atoms with E-state index < -0.39 is 0 Å². The van der Waals surface area contributed by atoms with Gasteiger partial charge in [0.15, 0.2) is 5.82 Å². The van der Waals surface area contributed by atoms with Crippen molar-refractivity contribution in [2.24, 2.45) is 5.92 Å². The minimum Gasteiger partial charge on any atom is -0.339 e. The summed E-state index contributed by atoms with van der Waals surface area (Å²) in [4.78, 5) is 8.56. The van der Waals surface area contributed by atoms with E-state index in [0.29, 0.717) is 11.7 Å². The van der Waals surface area contributed by atoms with Crippen LogP contribution >= 0.6 is 11.8 Å². The molecule has 0 aliphatic carbocycles. The lowest BCUT2D eigenvalue weighted by atomic mass is 10.1. The van der Waals surface area contributed by atoms with Gasteiger partial charge in [-0.2, -0.15) is 4.98 Å². The van der Waals surface area contributed by atoms with Crippen molar-refractivity contribution in [3.05, 3.63) is 36.1 Å². The van der Waals surface area contributed by atoms with Gasteiger partial charge in [-0.15, -0.1) is 0 Å². The Hall–Kier alpha value is -1.36. The molecule has 0 saturated heterocycles. The molecule has 0 aromatic carbocycles. The molecule has 0 saturated carbocycles. The minimum absolute atomic E-state index is 0.534. The van der Waals surface area contributed by atoms with E-state index in [1.54, 1.807) is 18.0 Å². The fraction of sp³-hybridized carbons (Fsp3) is 0.417. The van der Waals surface area contributed by atoms with E-state index in [-0.39, 0.29) is 0 Å². The minimum atomic E-state index is 0.534. The highest BCUT2D eigenvalue weighted by Gasteiger charge is 2.08. The molecular weight excluding hydrogens is 234 g/mol. The summed E-state index contributed by atoms with van der Waals surface area (Å²) < 4.78 is 5.17. The lowest BCUT2D eigenvalue weighted by Gasteiger charge is -1.96. The van der Waals surface area contributed by atoms with Crippen molar-refractivity contribution < 1.29 is 4.52 Å². The molecule has 0 spiro atoms. The first kappa shape index (κ1) is 12.1. The zero-order valence-electron chi connectivity index (χ0n) is 9.96. The third kappa shape index (κ3) is 3.85. The molecule has 2 heterocycles. The first-order chi connectivity index (χ1) is 8.24. The standard InChI is InChI=1S/C12H15N3OS/c1-9(2)7-11-14-10(15-16-11)8-17-12-5-3-4-6-13-12/h3-6,9H,7-8H2,1-2H3. The summed E-state index contributed by atoms with van der Waals surface area (Å²) in [6.07, 6.45) is 2.62. The van der Waals surface area contributed by atoms with Crippen molar-refractivity contribution in [1.82, 2.24) is 15.1 Å². The quantitative estimate of drug-likeness (QED) is 0.762. The molecule has 0 atom stereocenters. The van der Waals surface area contributed by atoms with Crippen LogP contribution in [0.2, 0.25) is 0 Å². The molecule has 0 unspecified atom stereocenters. The Kier molecular flexibility index (Phi) is 4.14. The summed E-state index contributed by atoms with van der Waals surface area (Å²) in [5, 5.41) is 4.92. The van der Waals surface area contributed by atoms with Crippen molar-refractivity contribution in [3.8, 4) is 0 Å². The highest BCUT2D eigenvalue weighted by molar-refractivity contribution is 7.98. The molecule has 0 N–H and O–H groups in total. The van der Waals surface area contributed by atoms with Gasteiger partial charge in [-0.1, -0.05) is 36.8 Å². The molecule has 0 radical (unpaired) electrons. The van der Waals surface area contributed by atoms with Crippen LogP contribution in [0.25, 0.3) is 0 Å². The van der Waals surface area contributed by atoms with Gasteiger partial charge < -0.3 is 4.52 Å². The average molecular weight is 249 g/mol. The Morgan fingerprint density at radius 1 is 1.35 bits per heavy atom. The fourth-order valence-corrected chi connectivity index (χ4v) is 2.06. The van der Waals surface area contributed by atoms with Gasteiger partial charge in [0.1, 0.15) is 0 Å². The van der Waals surface area contributed by atoms with Crippen LogP contribution in [0, 0.1) is 5.92 Å². The third-order valence-electron chi connectivity index (χ3n) is 2.08. The fourth-order valence-electron chi connectivity index (χ4n) is 1.35. The number of rotatable bonds is 5. The molecule has 0 fully saturated rings. The maximum Gasteiger partial charge on any atom is 0.226 e. The molecule has 2 aromatic rings. The van der Waals surface area contributed by atoms with E-state index in [1.807, 2.05) is 18.2 Å². The second kappa shape index (κ2) is 5.82. The van der Waals surface area contributed by atoms with Gasteiger partial charge in [0.05, 0.1) is 10.8 Å². The molecule has 2 rings (SSSR count). The number of pyridine rings is 1. The molecule has 4 nitrogen and oxygen atoms in total. The number of hydrogen-bond acceptors (Lipinski definition) is 5. The monoisotopic (exact) mass is 249 g/mol.